The molecular formula is C15H20FNO3. The molecule has 0 radical (unpaired) electrons. The Morgan fingerprint density at radius 3 is 2.25 bits per heavy atom. The van der Waals surface area contributed by atoms with Gasteiger partial charge in [-0.15, -0.1) is 0 Å². The third kappa shape index (κ3) is 4.99. The smallest absolute Gasteiger partial charge is 0.326 e. The zero-order valence-corrected chi connectivity index (χ0v) is 11.9. The quantitative estimate of drug-likeness (QED) is 0.870. The third-order valence-electron chi connectivity index (χ3n) is 2.97. The maximum absolute atomic E-state index is 12.7. The Morgan fingerprint density at radius 2 is 1.80 bits per heavy atom. The molecule has 5 heteroatoms. The van der Waals surface area contributed by atoms with Crippen LogP contribution in [-0.2, 0) is 16.0 Å². The van der Waals surface area contributed by atoms with Crippen molar-refractivity contribution in [3.63, 3.8) is 0 Å². The topological polar surface area (TPSA) is 66.4 Å². The van der Waals surface area contributed by atoms with Gasteiger partial charge in [0.2, 0.25) is 5.91 Å². The average Bonchev–Trinajstić information content (AvgIpc) is 2.33. The lowest BCUT2D eigenvalue weighted by molar-refractivity contribution is -0.144. The number of rotatable bonds is 5. The van der Waals surface area contributed by atoms with Crippen LogP contribution in [0.1, 0.15) is 32.8 Å². The van der Waals surface area contributed by atoms with Crippen LogP contribution in [0.4, 0.5) is 4.39 Å². The second-order valence-electron chi connectivity index (χ2n) is 5.83. The van der Waals surface area contributed by atoms with E-state index in [1.807, 2.05) is 0 Å². The van der Waals surface area contributed by atoms with Gasteiger partial charge in [0.25, 0.3) is 0 Å². The summed E-state index contributed by atoms with van der Waals surface area (Å²) >= 11 is 0. The normalized spacial score (nSPS) is 12.8. The van der Waals surface area contributed by atoms with E-state index >= 15 is 0 Å². The molecule has 1 atom stereocenters. The van der Waals surface area contributed by atoms with E-state index in [4.69, 9.17) is 5.11 Å². The summed E-state index contributed by atoms with van der Waals surface area (Å²) in [6, 6.07) is 4.97. The SMILES string of the molecule is CC(C)(C)[C@@H](NC(=O)CCc1ccc(F)cc1)C(=O)O. The van der Waals surface area contributed by atoms with Gasteiger partial charge in [0.15, 0.2) is 0 Å². The van der Waals surface area contributed by atoms with Gasteiger partial charge in [0, 0.05) is 6.42 Å². The van der Waals surface area contributed by atoms with Gasteiger partial charge in [-0.25, -0.2) is 9.18 Å². The van der Waals surface area contributed by atoms with Crippen molar-refractivity contribution in [3.8, 4) is 0 Å². The first-order valence-corrected chi connectivity index (χ1v) is 6.47. The molecule has 4 nitrogen and oxygen atoms in total. The van der Waals surface area contributed by atoms with Crippen molar-refractivity contribution in [1.29, 1.82) is 0 Å². The maximum Gasteiger partial charge on any atom is 0.326 e. The van der Waals surface area contributed by atoms with Gasteiger partial charge in [0.1, 0.15) is 11.9 Å². The molecule has 0 aliphatic carbocycles. The Balaban J connectivity index is 2.54. The largest absolute Gasteiger partial charge is 0.480 e. The second kappa shape index (κ2) is 6.50. The Morgan fingerprint density at radius 1 is 1.25 bits per heavy atom. The monoisotopic (exact) mass is 281 g/mol. The van der Waals surface area contributed by atoms with Crippen molar-refractivity contribution >= 4 is 11.9 Å². The lowest BCUT2D eigenvalue weighted by Gasteiger charge is -2.27. The van der Waals surface area contributed by atoms with E-state index in [-0.39, 0.29) is 18.1 Å². The van der Waals surface area contributed by atoms with Crippen LogP contribution in [0.3, 0.4) is 0 Å². The van der Waals surface area contributed by atoms with E-state index in [0.29, 0.717) is 6.42 Å². The predicted octanol–water partition coefficient (Wildman–Crippen LogP) is 2.37. The molecule has 1 aromatic rings. The molecule has 0 bridgehead atoms. The summed E-state index contributed by atoms with van der Waals surface area (Å²) in [6.45, 7) is 5.27. The highest BCUT2D eigenvalue weighted by atomic mass is 19.1. The van der Waals surface area contributed by atoms with E-state index in [9.17, 15) is 14.0 Å². The molecule has 0 aliphatic heterocycles. The first-order chi connectivity index (χ1) is 9.20. The van der Waals surface area contributed by atoms with E-state index < -0.39 is 17.4 Å². The fourth-order valence-corrected chi connectivity index (χ4v) is 1.79. The number of carbonyl (C=O) groups excluding carboxylic acids is 1. The molecule has 0 saturated carbocycles. The number of nitrogens with one attached hydrogen (secondary N) is 1. The van der Waals surface area contributed by atoms with Gasteiger partial charge in [-0.05, 0) is 29.5 Å². The minimum absolute atomic E-state index is 0.172. The fourth-order valence-electron chi connectivity index (χ4n) is 1.79. The molecule has 0 saturated heterocycles. The van der Waals surface area contributed by atoms with Gasteiger partial charge >= 0.3 is 5.97 Å². The number of aliphatic carboxylic acids is 1. The van der Waals surface area contributed by atoms with E-state index in [1.54, 1.807) is 32.9 Å². The van der Waals surface area contributed by atoms with Crippen LogP contribution in [0.5, 0.6) is 0 Å². The summed E-state index contributed by atoms with van der Waals surface area (Å²) in [7, 11) is 0. The van der Waals surface area contributed by atoms with Crippen molar-refractivity contribution < 1.29 is 19.1 Å². The molecule has 0 aromatic heterocycles. The van der Waals surface area contributed by atoms with Gasteiger partial charge in [0.05, 0.1) is 0 Å². The minimum Gasteiger partial charge on any atom is -0.480 e. The molecule has 0 aliphatic rings. The molecule has 2 N–H and O–H groups in total. The lowest BCUT2D eigenvalue weighted by Crippen LogP contribution is -2.49. The fraction of sp³-hybridized carbons (Fsp3) is 0.467. The second-order valence-corrected chi connectivity index (χ2v) is 5.83. The molecule has 110 valence electrons. The zero-order valence-electron chi connectivity index (χ0n) is 11.9. The number of carboxylic acids is 1. The van der Waals surface area contributed by atoms with Crippen molar-refractivity contribution in [2.45, 2.75) is 39.7 Å². The molecule has 0 heterocycles. The van der Waals surface area contributed by atoms with Crippen molar-refractivity contribution in [2.75, 3.05) is 0 Å². The summed E-state index contributed by atoms with van der Waals surface area (Å²) in [5.74, 6) is -1.69. The summed E-state index contributed by atoms with van der Waals surface area (Å²) in [4.78, 5) is 22.9. The van der Waals surface area contributed by atoms with Crippen molar-refractivity contribution in [3.05, 3.63) is 35.6 Å². The summed E-state index contributed by atoms with van der Waals surface area (Å²) in [5, 5.41) is 11.6. The highest BCUT2D eigenvalue weighted by molar-refractivity contribution is 5.84. The first-order valence-electron chi connectivity index (χ1n) is 6.47. The Hall–Kier alpha value is -1.91. The number of benzene rings is 1. The van der Waals surface area contributed by atoms with Crippen LogP contribution in [-0.4, -0.2) is 23.0 Å². The number of carboxylic acid groups (broad SMARTS) is 1. The van der Waals surface area contributed by atoms with Gasteiger partial charge in [-0.1, -0.05) is 32.9 Å². The zero-order chi connectivity index (χ0) is 15.3. The standard InChI is InChI=1S/C15H20FNO3/c1-15(2,3)13(14(19)20)17-12(18)9-6-10-4-7-11(16)8-5-10/h4-5,7-8,13H,6,9H2,1-3H3,(H,17,18)(H,19,20)/t13-/m0/s1. The Bertz CT molecular complexity index is 477. The highest BCUT2D eigenvalue weighted by Crippen LogP contribution is 2.19. The van der Waals surface area contributed by atoms with Crippen LogP contribution < -0.4 is 5.32 Å². The lowest BCUT2D eigenvalue weighted by atomic mass is 9.86. The molecule has 0 unspecified atom stereocenters. The van der Waals surface area contributed by atoms with Crippen LogP contribution >= 0.6 is 0 Å². The number of aryl methyl sites for hydroxylation is 1. The third-order valence-corrected chi connectivity index (χ3v) is 2.97. The van der Waals surface area contributed by atoms with E-state index in [1.165, 1.54) is 12.1 Å². The summed E-state index contributed by atoms with van der Waals surface area (Å²) < 4.78 is 12.7. The Kier molecular flexibility index (Phi) is 5.25. The van der Waals surface area contributed by atoms with Crippen molar-refractivity contribution in [1.82, 2.24) is 5.32 Å². The first kappa shape index (κ1) is 16.1. The molecule has 1 rings (SSSR count). The minimum atomic E-state index is -1.05. The molecule has 1 aromatic carbocycles. The van der Waals surface area contributed by atoms with Crippen molar-refractivity contribution in [2.24, 2.45) is 5.41 Å². The predicted molar refractivity (Wildman–Crippen MR) is 73.7 cm³/mol. The number of carbonyl (C=O) groups is 2. The van der Waals surface area contributed by atoms with Crippen LogP contribution in [0.25, 0.3) is 0 Å². The molecule has 20 heavy (non-hydrogen) atoms. The molecule has 0 spiro atoms. The van der Waals surface area contributed by atoms with E-state index in [0.717, 1.165) is 5.56 Å². The molecule has 0 fully saturated rings. The summed E-state index contributed by atoms with van der Waals surface area (Å²) in [6.07, 6.45) is 0.619. The highest BCUT2D eigenvalue weighted by Gasteiger charge is 2.32. The van der Waals surface area contributed by atoms with Crippen LogP contribution in [0.2, 0.25) is 0 Å². The number of hydrogen-bond donors (Lipinski definition) is 2. The van der Waals surface area contributed by atoms with Gasteiger partial charge in [-0.3, -0.25) is 4.79 Å². The van der Waals surface area contributed by atoms with Gasteiger partial charge < -0.3 is 10.4 Å². The van der Waals surface area contributed by atoms with E-state index in [2.05, 4.69) is 5.32 Å². The average molecular weight is 281 g/mol. The number of halogens is 1. The molecular weight excluding hydrogens is 261 g/mol. The molecule has 1 amide bonds. The van der Waals surface area contributed by atoms with Gasteiger partial charge in [-0.2, -0.15) is 0 Å². The Labute approximate surface area is 118 Å². The summed E-state index contributed by atoms with van der Waals surface area (Å²) in [5.41, 5.74) is 0.279. The maximum atomic E-state index is 12.7. The number of amides is 1. The number of hydrogen-bond acceptors (Lipinski definition) is 2. The van der Waals surface area contributed by atoms with Crippen LogP contribution in [0.15, 0.2) is 24.3 Å². The van der Waals surface area contributed by atoms with Crippen LogP contribution in [0, 0.1) is 11.2 Å².